The van der Waals surface area contributed by atoms with Gasteiger partial charge in [-0.25, -0.2) is 9.37 Å². The zero-order valence-corrected chi connectivity index (χ0v) is 17.4. The lowest BCUT2D eigenvalue weighted by Gasteiger charge is -2.29. The van der Waals surface area contributed by atoms with Crippen molar-refractivity contribution in [2.45, 2.75) is 6.42 Å². The second kappa shape index (κ2) is 9.17. The van der Waals surface area contributed by atoms with Crippen LogP contribution in [0.5, 0.6) is 0 Å². The first kappa shape index (κ1) is 20.2. The predicted octanol–water partition coefficient (Wildman–Crippen LogP) is 4.00. The number of thiazole rings is 1. The van der Waals surface area contributed by atoms with Crippen LogP contribution in [0.4, 0.5) is 9.52 Å². The average Bonchev–Trinajstić information content (AvgIpc) is 3.13. The molecule has 0 spiro atoms. The Kier molecular flexibility index (Phi) is 6.40. The maximum atomic E-state index is 13.2. The van der Waals surface area contributed by atoms with Crippen LogP contribution in [0.3, 0.4) is 0 Å². The van der Waals surface area contributed by atoms with E-state index < -0.39 is 0 Å². The lowest BCUT2D eigenvalue weighted by molar-refractivity contribution is -0.118. The van der Waals surface area contributed by atoms with Gasteiger partial charge in [0.15, 0.2) is 5.13 Å². The summed E-state index contributed by atoms with van der Waals surface area (Å²) in [5.74, 6) is -0.372. The minimum absolute atomic E-state index is 0.0602. The van der Waals surface area contributed by atoms with Gasteiger partial charge in [-0.05, 0) is 35.9 Å². The summed E-state index contributed by atoms with van der Waals surface area (Å²) in [5, 5.41) is 1.30. The summed E-state index contributed by atoms with van der Waals surface area (Å²) < 4.78 is 19.5. The molecule has 1 amide bonds. The highest BCUT2D eigenvalue weighted by Crippen LogP contribution is 2.31. The summed E-state index contributed by atoms with van der Waals surface area (Å²) in [4.78, 5) is 21.8. The highest BCUT2D eigenvalue weighted by molar-refractivity contribution is 7.22. The Morgan fingerprint density at radius 1 is 1.21 bits per heavy atom. The number of ether oxygens (including phenoxy) is 1. The topological polar surface area (TPSA) is 45.7 Å². The first-order chi connectivity index (χ1) is 14.1. The molecule has 1 saturated heterocycles. The number of fused-ring (bicyclic) bond motifs is 1. The Balaban J connectivity index is 1.56. The van der Waals surface area contributed by atoms with Crippen molar-refractivity contribution in [1.82, 2.24) is 9.88 Å². The third kappa shape index (κ3) is 5.11. The number of amides is 1. The van der Waals surface area contributed by atoms with Crippen LogP contribution in [0.1, 0.15) is 5.56 Å². The van der Waals surface area contributed by atoms with Crippen molar-refractivity contribution in [3.63, 3.8) is 0 Å². The van der Waals surface area contributed by atoms with Gasteiger partial charge < -0.3 is 4.74 Å². The lowest BCUT2D eigenvalue weighted by atomic mass is 10.1. The van der Waals surface area contributed by atoms with Crippen molar-refractivity contribution in [3.8, 4) is 0 Å². The number of halogens is 2. The monoisotopic (exact) mass is 433 g/mol. The molecule has 152 valence electrons. The SMILES string of the molecule is O=C(Cc1ccc(F)cc1)N(CCN1CCOCC1)c1nc2ccc(Cl)cc2s1. The van der Waals surface area contributed by atoms with Gasteiger partial charge in [-0.3, -0.25) is 14.6 Å². The molecule has 4 rings (SSSR count). The van der Waals surface area contributed by atoms with E-state index in [2.05, 4.69) is 9.88 Å². The molecule has 1 aliphatic heterocycles. The van der Waals surface area contributed by atoms with Crippen LogP contribution in [-0.4, -0.2) is 55.2 Å². The van der Waals surface area contributed by atoms with Crippen molar-refractivity contribution in [2.24, 2.45) is 0 Å². The first-order valence-corrected chi connectivity index (χ1v) is 10.7. The van der Waals surface area contributed by atoms with Crippen LogP contribution >= 0.6 is 22.9 Å². The van der Waals surface area contributed by atoms with Gasteiger partial charge in [0.25, 0.3) is 0 Å². The molecule has 1 aromatic heterocycles. The molecule has 0 saturated carbocycles. The maximum Gasteiger partial charge on any atom is 0.233 e. The Morgan fingerprint density at radius 2 is 1.97 bits per heavy atom. The van der Waals surface area contributed by atoms with Gasteiger partial charge in [0.05, 0.1) is 29.9 Å². The molecule has 0 bridgehead atoms. The Morgan fingerprint density at radius 3 is 2.72 bits per heavy atom. The molecule has 29 heavy (non-hydrogen) atoms. The first-order valence-electron chi connectivity index (χ1n) is 9.49. The van der Waals surface area contributed by atoms with E-state index >= 15 is 0 Å². The maximum absolute atomic E-state index is 13.2. The smallest absolute Gasteiger partial charge is 0.233 e. The number of carbonyl (C=O) groups is 1. The molecule has 2 aromatic carbocycles. The van der Waals surface area contributed by atoms with Gasteiger partial charge in [0.2, 0.25) is 5.91 Å². The zero-order valence-electron chi connectivity index (χ0n) is 15.8. The average molecular weight is 434 g/mol. The fraction of sp³-hybridized carbons (Fsp3) is 0.333. The molecule has 0 unspecified atom stereocenters. The molecule has 1 fully saturated rings. The molecule has 8 heteroatoms. The summed E-state index contributed by atoms with van der Waals surface area (Å²) in [5.41, 5.74) is 1.59. The zero-order chi connectivity index (χ0) is 20.2. The molecule has 0 atom stereocenters. The molecular weight excluding hydrogens is 413 g/mol. The third-order valence-electron chi connectivity index (χ3n) is 4.88. The highest BCUT2D eigenvalue weighted by atomic mass is 35.5. The van der Waals surface area contributed by atoms with E-state index in [-0.39, 0.29) is 18.1 Å². The Hall–Kier alpha value is -2.06. The van der Waals surface area contributed by atoms with Crippen LogP contribution in [0.25, 0.3) is 10.2 Å². The molecule has 0 radical (unpaired) electrons. The van der Waals surface area contributed by atoms with Gasteiger partial charge in [-0.1, -0.05) is 35.1 Å². The molecule has 2 heterocycles. The fourth-order valence-electron chi connectivity index (χ4n) is 3.27. The van der Waals surface area contributed by atoms with Gasteiger partial charge in [-0.15, -0.1) is 0 Å². The summed E-state index contributed by atoms with van der Waals surface area (Å²) in [7, 11) is 0. The van der Waals surface area contributed by atoms with Crippen LogP contribution in [0.2, 0.25) is 5.02 Å². The van der Waals surface area contributed by atoms with E-state index in [1.165, 1.54) is 23.5 Å². The van der Waals surface area contributed by atoms with Gasteiger partial charge in [-0.2, -0.15) is 0 Å². The van der Waals surface area contributed by atoms with E-state index in [1.807, 2.05) is 12.1 Å². The number of benzene rings is 2. The molecular formula is C21H21ClFN3O2S. The number of anilines is 1. The normalized spacial score (nSPS) is 15.0. The van der Waals surface area contributed by atoms with Crippen molar-refractivity contribution in [1.29, 1.82) is 0 Å². The third-order valence-corrected chi connectivity index (χ3v) is 6.16. The Bertz CT molecular complexity index is 989. The molecule has 3 aromatic rings. The fourth-order valence-corrected chi connectivity index (χ4v) is 4.55. The van der Waals surface area contributed by atoms with Gasteiger partial charge in [0.1, 0.15) is 5.82 Å². The molecule has 1 aliphatic rings. The molecule has 5 nitrogen and oxygen atoms in total. The van der Waals surface area contributed by atoms with E-state index in [9.17, 15) is 9.18 Å². The number of carbonyl (C=O) groups excluding carboxylic acids is 1. The van der Waals surface area contributed by atoms with E-state index in [4.69, 9.17) is 16.3 Å². The van der Waals surface area contributed by atoms with Crippen LogP contribution in [0.15, 0.2) is 42.5 Å². The van der Waals surface area contributed by atoms with Crippen LogP contribution in [-0.2, 0) is 16.0 Å². The van der Waals surface area contributed by atoms with E-state index in [0.717, 1.165) is 35.4 Å². The van der Waals surface area contributed by atoms with E-state index in [0.29, 0.717) is 29.9 Å². The standard InChI is InChI=1S/C21H21ClFN3O2S/c22-16-3-6-18-19(14-16)29-21(24-18)26(8-7-25-9-11-28-12-10-25)20(27)13-15-1-4-17(23)5-2-15/h1-6,14H,7-13H2. The largest absolute Gasteiger partial charge is 0.379 e. The predicted molar refractivity (Wildman–Crippen MR) is 114 cm³/mol. The minimum atomic E-state index is -0.312. The number of aromatic nitrogens is 1. The Labute approximate surface area is 177 Å². The lowest BCUT2D eigenvalue weighted by Crippen LogP contribution is -2.43. The second-order valence-corrected chi connectivity index (χ2v) is 8.36. The van der Waals surface area contributed by atoms with Gasteiger partial charge in [0, 0.05) is 31.2 Å². The van der Waals surface area contributed by atoms with Gasteiger partial charge >= 0.3 is 0 Å². The van der Waals surface area contributed by atoms with Crippen LogP contribution in [0, 0.1) is 5.82 Å². The number of morpholine rings is 1. The number of hydrogen-bond acceptors (Lipinski definition) is 5. The van der Waals surface area contributed by atoms with Crippen molar-refractivity contribution < 1.29 is 13.9 Å². The summed E-state index contributed by atoms with van der Waals surface area (Å²) in [6, 6.07) is 11.6. The summed E-state index contributed by atoms with van der Waals surface area (Å²) >= 11 is 7.56. The number of nitrogens with zero attached hydrogens (tertiary/aromatic N) is 3. The molecule has 0 N–H and O–H groups in total. The van der Waals surface area contributed by atoms with Crippen LogP contribution < -0.4 is 4.90 Å². The van der Waals surface area contributed by atoms with E-state index in [1.54, 1.807) is 23.1 Å². The summed E-state index contributed by atoms with van der Waals surface area (Å²) in [6.07, 6.45) is 0.195. The number of rotatable bonds is 6. The quantitative estimate of drug-likeness (QED) is 0.589. The molecule has 0 aliphatic carbocycles. The van der Waals surface area contributed by atoms with Crippen molar-refractivity contribution >= 4 is 44.2 Å². The second-order valence-electron chi connectivity index (χ2n) is 6.91. The minimum Gasteiger partial charge on any atom is -0.379 e. The number of hydrogen-bond donors (Lipinski definition) is 0. The highest BCUT2D eigenvalue weighted by Gasteiger charge is 2.22. The van der Waals surface area contributed by atoms with Crippen molar-refractivity contribution in [2.75, 3.05) is 44.3 Å². The summed E-state index contributed by atoms with van der Waals surface area (Å²) in [6.45, 7) is 4.42. The van der Waals surface area contributed by atoms with Crippen molar-refractivity contribution in [3.05, 3.63) is 58.9 Å².